The molecule has 0 bridgehead atoms. The molecule has 0 unspecified atom stereocenters. The standard InChI is InChI=1S/C11H10ClFN4O2/c1-6-16-9(19-17-6)2-3-14-11(18)8-4-7(13)5-15-10(8)12/h4-5H,2-3H2,1H3,(H,14,18). The second-order valence-electron chi connectivity index (χ2n) is 3.73. The van der Waals surface area contributed by atoms with Crippen molar-refractivity contribution in [3.05, 3.63) is 40.5 Å². The summed E-state index contributed by atoms with van der Waals surface area (Å²) in [4.78, 5) is 19.3. The molecule has 1 amide bonds. The number of nitrogens with one attached hydrogen (secondary N) is 1. The Bertz CT molecular complexity index is 602. The Labute approximate surface area is 113 Å². The fraction of sp³-hybridized carbons (Fsp3) is 0.273. The lowest BCUT2D eigenvalue weighted by molar-refractivity contribution is 0.0952. The summed E-state index contributed by atoms with van der Waals surface area (Å²) < 4.78 is 17.8. The monoisotopic (exact) mass is 284 g/mol. The first kappa shape index (κ1) is 13.4. The minimum Gasteiger partial charge on any atom is -0.351 e. The normalized spacial score (nSPS) is 10.5. The molecule has 2 heterocycles. The van der Waals surface area contributed by atoms with E-state index in [-0.39, 0.29) is 17.3 Å². The highest BCUT2D eigenvalue weighted by Crippen LogP contribution is 2.13. The molecule has 0 saturated carbocycles. The Hall–Kier alpha value is -2.02. The Balaban J connectivity index is 1.92. The molecule has 2 rings (SSSR count). The summed E-state index contributed by atoms with van der Waals surface area (Å²) in [6.07, 6.45) is 1.33. The highest BCUT2D eigenvalue weighted by atomic mass is 35.5. The van der Waals surface area contributed by atoms with Crippen molar-refractivity contribution in [2.45, 2.75) is 13.3 Å². The molecular weight excluding hydrogens is 275 g/mol. The van der Waals surface area contributed by atoms with Gasteiger partial charge in [-0.3, -0.25) is 4.79 Å². The van der Waals surface area contributed by atoms with E-state index in [2.05, 4.69) is 20.4 Å². The summed E-state index contributed by atoms with van der Waals surface area (Å²) in [5.41, 5.74) is -0.0108. The largest absolute Gasteiger partial charge is 0.351 e. The molecule has 0 saturated heterocycles. The van der Waals surface area contributed by atoms with Crippen molar-refractivity contribution in [2.75, 3.05) is 6.54 Å². The molecule has 8 heteroatoms. The van der Waals surface area contributed by atoms with Crippen LogP contribution in [0.25, 0.3) is 0 Å². The zero-order chi connectivity index (χ0) is 13.8. The predicted octanol–water partition coefficient (Wildman–Crippen LogP) is 1.54. The lowest BCUT2D eigenvalue weighted by atomic mass is 10.2. The van der Waals surface area contributed by atoms with Gasteiger partial charge in [-0.2, -0.15) is 4.98 Å². The fourth-order valence-corrected chi connectivity index (χ4v) is 1.59. The van der Waals surface area contributed by atoms with E-state index in [0.29, 0.717) is 18.1 Å². The lowest BCUT2D eigenvalue weighted by Crippen LogP contribution is -2.26. The smallest absolute Gasteiger partial charge is 0.254 e. The molecule has 0 atom stereocenters. The van der Waals surface area contributed by atoms with Crippen LogP contribution in [0.1, 0.15) is 22.1 Å². The maximum atomic E-state index is 13.0. The number of hydrogen-bond donors (Lipinski definition) is 1. The summed E-state index contributed by atoms with van der Waals surface area (Å²) in [7, 11) is 0. The van der Waals surface area contributed by atoms with Crippen molar-refractivity contribution in [3.8, 4) is 0 Å². The van der Waals surface area contributed by atoms with Gasteiger partial charge in [-0.1, -0.05) is 16.8 Å². The number of halogens is 2. The van der Waals surface area contributed by atoms with Gasteiger partial charge in [-0.15, -0.1) is 0 Å². The summed E-state index contributed by atoms with van der Waals surface area (Å²) in [5.74, 6) is -0.185. The predicted molar refractivity (Wildman–Crippen MR) is 64.3 cm³/mol. The second-order valence-corrected chi connectivity index (χ2v) is 4.09. The van der Waals surface area contributed by atoms with E-state index in [1.165, 1.54) is 0 Å². The van der Waals surface area contributed by atoms with E-state index in [1.54, 1.807) is 6.92 Å². The zero-order valence-corrected chi connectivity index (χ0v) is 10.7. The van der Waals surface area contributed by atoms with E-state index in [4.69, 9.17) is 16.1 Å². The average molecular weight is 285 g/mol. The second kappa shape index (κ2) is 5.75. The molecule has 100 valence electrons. The highest BCUT2D eigenvalue weighted by molar-refractivity contribution is 6.32. The van der Waals surface area contributed by atoms with Gasteiger partial charge in [-0.05, 0) is 13.0 Å². The third-order valence-corrected chi connectivity index (χ3v) is 2.55. The van der Waals surface area contributed by atoms with Crippen LogP contribution in [-0.4, -0.2) is 27.6 Å². The number of carbonyl (C=O) groups is 1. The fourth-order valence-electron chi connectivity index (χ4n) is 1.40. The summed E-state index contributed by atoms with van der Waals surface area (Å²) in [6, 6.07) is 1.03. The number of amides is 1. The Morgan fingerprint density at radius 3 is 3.05 bits per heavy atom. The molecule has 0 aliphatic heterocycles. The van der Waals surface area contributed by atoms with Crippen molar-refractivity contribution in [2.24, 2.45) is 0 Å². The van der Waals surface area contributed by atoms with E-state index in [0.717, 1.165) is 12.3 Å². The van der Waals surface area contributed by atoms with Gasteiger partial charge < -0.3 is 9.84 Å². The van der Waals surface area contributed by atoms with E-state index >= 15 is 0 Å². The maximum Gasteiger partial charge on any atom is 0.254 e. The van der Waals surface area contributed by atoms with Gasteiger partial charge in [0.15, 0.2) is 5.82 Å². The van der Waals surface area contributed by atoms with Crippen molar-refractivity contribution in [1.82, 2.24) is 20.4 Å². The first-order valence-electron chi connectivity index (χ1n) is 5.44. The number of nitrogens with zero attached hydrogens (tertiary/aromatic N) is 3. The van der Waals surface area contributed by atoms with Gasteiger partial charge in [0.05, 0.1) is 11.8 Å². The third kappa shape index (κ3) is 3.47. The van der Waals surface area contributed by atoms with Crippen molar-refractivity contribution >= 4 is 17.5 Å². The Morgan fingerprint density at radius 1 is 1.58 bits per heavy atom. The first-order chi connectivity index (χ1) is 9.06. The van der Waals surface area contributed by atoms with Crippen LogP contribution >= 0.6 is 11.6 Å². The van der Waals surface area contributed by atoms with Crippen LogP contribution in [0.5, 0.6) is 0 Å². The average Bonchev–Trinajstić information content (AvgIpc) is 2.78. The number of carbonyl (C=O) groups excluding carboxylic acids is 1. The first-order valence-corrected chi connectivity index (χ1v) is 5.82. The van der Waals surface area contributed by atoms with Crippen molar-refractivity contribution in [1.29, 1.82) is 0 Å². The maximum absolute atomic E-state index is 13.0. The van der Waals surface area contributed by atoms with Crippen LogP contribution in [0.2, 0.25) is 5.15 Å². The van der Waals surface area contributed by atoms with Gasteiger partial charge in [0.1, 0.15) is 11.0 Å². The van der Waals surface area contributed by atoms with Crippen LogP contribution in [0.4, 0.5) is 4.39 Å². The van der Waals surface area contributed by atoms with Crippen molar-refractivity contribution < 1.29 is 13.7 Å². The third-order valence-electron chi connectivity index (χ3n) is 2.24. The summed E-state index contributed by atoms with van der Waals surface area (Å²) >= 11 is 5.71. The minimum atomic E-state index is -0.623. The zero-order valence-electron chi connectivity index (χ0n) is 9.98. The van der Waals surface area contributed by atoms with Gasteiger partial charge in [0, 0.05) is 13.0 Å². The molecule has 0 fully saturated rings. The van der Waals surface area contributed by atoms with Crippen LogP contribution in [0, 0.1) is 12.7 Å². The molecule has 19 heavy (non-hydrogen) atoms. The van der Waals surface area contributed by atoms with Gasteiger partial charge in [0.25, 0.3) is 5.91 Å². The molecule has 0 aliphatic carbocycles. The molecule has 0 radical (unpaired) electrons. The molecule has 6 nitrogen and oxygen atoms in total. The Morgan fingerprint density at radius 2 is 2.37 bits per heavy atom. The van der Waals surface area contributed by atoms with Gasteiger partial charge in [0.2, 0.25) is 5.89 Å². The van der Waals surface area contributed by atoms with E-state index < -0.39 is 11.7 Å². The van der Waals surface area contributed by atoms with Crippen LogP contribution in [0.3, 0.4) is 0 Å². The highest BCUT2D eigenvalue weighted by Gasteiger charge is 2.12. The topological polar surface area (TPSA) is 80.9 Å². The quantitative estimate of drug-likeness (QED) is 0.861. The van der Waals surface area contributed by atoms with Crippen LogP contribution in [-0.2, 0) is 6.42 Å². The number of rotatable bonds is 4. The molecule has 2 aromatic heterocycles. The van der Waals surface area contributed by atoms with Gasteiger partial charge >= 0.3 is 0 Å². The van der Waals surface area contributed by atoms with E-state index in [1.807, 2.05) is 0 Å². The van der Waals surface area contributed by atoms with E-state index in [9.17, 15) is 9.18 Å². The molecule has 2 aromatic rings. The SMILES string of the molecule is Cc1noc(CCNC(=O)c2cc(F)cnc2Cl)n1. The number of aromatic nitrogens is 3. The van der Waals surface area contributed by atoms with Crippen molar-refractivity contribution in [3.63, 3.8) is 0 Å². The lowest BCUT2D eigenvalue weighted by Gasteiger charge is -2.04. The molecule has 0 aliphatic rings. The van der Waals surface area contributed by atoms with Crippen LogP contribution < -0.4 is 5.32 Å². The summed E-state index contributed by atoms with van der Waals surface area (Å²) in [5, 5.41) is 6.14. The van der Waals surface area contributed by atoms with Crippen LogP contribution in [0.15, 0.2) is 16.8 Å². The van der Waals surface area contributed by atoms with Gasteiger partial charge in [-0.25, -0.2) is 9.37 Å². The number of pyridine rings is 1. The molecule has 0 aromatic carbocycles. The molecule has 1 N–H and O–H groups in total. The number of hydrogen-bond acceptors (Lipinski definition) is 5. The minimum absolute atomic E-state index is 0.0108. The number of aryl methyl sites for hydroxylation is 1. The molecule has 0 spiro atoms. The molecular formula is C11H10ClFN4O2. The Kier molecular flexibility index (Phi) is 4.06. The summed E-state index contributed by atoms with van der Waals surface area (Å²) in [6.45, 7) is 1.97.